The lowest BCUT2D eigenvalue weighted by Crippen LogP contribution is -2.40. The molecule has 1 amide bonds. The number of amides is 1. The highest BCUT2D eigenvalue weighted by atomic mass is 19.1. The third-order valence-corrected chi connectivity index (χ3v) is 4.46. The van der Waals surface area contributed by atoms with Gasteiger partial charge >= 0.3 is 6.09 Å². The van der Waals surface area contributed by atoms with Gasteiger partial charge in [-0.3, -0.25) is 9.58 Å². The number of carbonyl (C=O) groups excluding carboxylic acids is 1. The van der Waals surface area contributed by atoms with E-state index in [9.17, 15) is 9.18 Å². The Morgan fingerprint density at radius 1 is 1.36 bits per heavy atom. The van der Waals surface area contributed by atoms with E-state index in [0.29, 0.717) is 26.1 Å². The van der Waals surface area contributed by atoms with Gasteiger partial charge in [0.15, 0.2) is 0 Å². The molecular formula is C18H23FN4O2. The Labute approximate surface area is 146 Å². The third-order valence-electron chi connectivity index (χ3n) is 4.46. The Kier molecular flexibility index (Phi) is 5.65. The first-order chi connectivity index (χ1) is 12.1. The smallest absolute Gasteiger partial charge is 0.407 e. The maximum absolute atomic E-state index is 13.8. The lowest BCUT2D eigenvalue weighted by atomic mass is 10.2. The fourth-order valence-electron chi connectivity index (χ4n) is 3.07. The van der Waals surface area contributed by atoms with Crippen molar-refractivity contribution in [2.75, 3.05) is 13.1 Å². The number of hydrogen-bond acceptors (Lipinski definition) is 4. The van der Waals surface area contributed by atoms with E-state index in [-0.39, 0.29) is 12.6 Å². The van der Waals surface area contributed by atoms with Crippen LogP contribution < -0.4 is 5.32 Å². The lowest BCUT2D eigenvalue weighted by Gasteiger charge is -2.24. The van der Waals surface area contributed by atoms with Gasteiger partial charge in [-0.05, 0) is 18.1 Å². The minimum absolute atomic E-state index is 0.0471. The summed E-state index contributed by atoms with van der Waals surface area (Å²) >= 11 is 0. The molecule has 1 aromatic heterocycles. The highest BCUT2D eigenvalue weighted by Gasteiger charge is 2.32. The molecule has 6 nitrogen and oxygen atoms in total. The summed E-state index contributed by atoms with van der Waals surface area (Å²) in [6, 6.07) is 11.4. The van der Waals surface area contributed by atoms with Gasteiger partial charge in [0.2, 0.25) is 0 Å². The molecule has 1 aromatic carbocycles. The minimum Gasteiger partial charge on any atom is -0.445 e. The van der Waals surface area contributed by atoms with Crippen LogP contribution >= 0.6 is 0 Å². The number of carbonyl (C=O) groups is 1. The monoisotopic (exact) mass is 346 g/mol. The number of aryl methyl sites for hydroxylation is 1. The van der Waals surface area contributed by atoms with Crippen molar-refractivity contribution < 1.29 is 13.9 Å². The molecule has 2 heterocycles. The second-order valence-electron chi connectivity index (χ2n) is 6.31. The largest absolute Gasteiger partial charge is 0.445 e. The average Bonchev–Trinajstić information content (AvgIpc) is 3.18. The summed E-state index contributed by atoms with van der Waals surface area (Å²) < 4.78 is 20.8. The third kappa shape index (κ3) is 4.79. The molecule has 1 fully saturated rings. The van der Waals surface area contributed by atoms with E-state index in [2.05, 4.69) is 10.4 Å². The number of nitrogens with zero attached hydrogens (tertiary/aromatic N) is 3. The van der Waals surface area contributed by atoms with Crippen molar-refractivity contribution >= 4 is 6.09 Å². The van der Waals surface area contributed by atoms with E-state index in [1.54, 1.807) is 10.9 Å². The topological polar surface area (TPSA) is 59.4 Å². The predicted molar refractivity (Wildman–Crippen MR) is 91.5 cm³/mol. The van der Waals surface area contributed by atoms with Crippen LogP contribution in [0.2, 0.25) is 0 Å². The number of benzene rings is 1. The number of likely N-dealkylation sites (tertiary alicyclic amines) is 1. The van der Waals surface area contributed by atoms with Crippen LogP contribution in [0.4, 0.5) is 9.18 Å². The van der Waals surface area contributed by atoms with Crippen molar-refractivity contribution in [1.29, 1.82) is 0 Å². The van der Waals surface area contributed by atoms with E-state index < -0.39 is 12.3 Å². The Hall–Kier alpha value is -2.41. The highest BCUT2D eigenvalue weighted by molar-refractivity contribution is 5.67. The average molecular weight is 346 g/mol. The first-order valence-corrected chi connectivity index (χ1v) is 8.41. The zero-order valence-electron chi connectivity index (χ0n) is 14.3. The molecule has 0 unspecified atom stereocenters. The number of halogens is 1. The number of nitrogens with one attached hydrogen (secondary N) is 1. The summed E-state index contributed by atoms with van der Waals surface area (Å²) in [6.07, 6.45) is 0.788. The van der Waals surface area contributed by atoms with Gasteiger partial charge in [-0.15, -0.1) is 0 Å². The molecular weight excluding hydrogens is 323 g/mol. The van der Waals surface area contributed by atoms with Crippen molar-refractivity contribution in [2.45, 2.75) is 31.8 Å². The molecule has 1 saturated heterocycles. The van der Waals surface area contributed by atoms with Crippen LogP contribution in [0.15, 0.2) is 42.6 Å². The van der Waals surface area contributed by atoms with Gasteiger partial charge in [0.25, 0.3) is 0 Å². The van der Waals surface area contributed by atoms with E-state index in [1.807, 2.05) is 48.3 Å². The lowest BCUT2D eigenvalue weighted by molar-refractivity contribution is 0.135. The second-order valence-corrected chi connectivity index (χ2v) is 6.31. The van der Waals surface area contributed by atoms with Crippen molar-refractivity contribution in [3.63, 3.8) is 0 Å². The molecule has 25 heavy (non-hydrogen) atoms. The Bertz CT molecular complexity index is 691. The zero-order valence-corrected chi connectivity index (χ0v) is 14.3. The van der Waals surface area contributed by atoms with Crippen molar-refractivity contribution in [1.82, 2.24) is 20.0 Å². The van der Waals surface area contributed by atoms with Gasteiger partial charge in [-0.2, -0.15) is 5.10 Å². The van der Waals surface area contributed by atoms with Crippen LogP contribution in [-0.4, -0.2) is 46.1 Å². The Balaban J connectivity index is 1.47. The van der Waals surface area contributed by atoms with Gasteiger partial charge in [-0.25, -0.2) is 9.18 Å². The summed E-state index contributed by atoms with van der Waals surface area (Å²) in [4.78, 5) is 13.9. The molecule has 1 N–H and O–H groups in total. The predicted octanol–water partition coefficient (Wildman–Crippen LogP) is 2.26. The van der Waals surface area contributed by atoms with Crippen molar-refractivity contribution in [3.8, 4) is 0 Å². The number of alkyl halides is 1. The number of hydrogen-bond donors (Lipinski definition) is 1. The van der Waals surface area contributed by atoms with E-state index in [1.165, 1.54) is 0 Å². The van der Waals surface area contributed by atoms with Gasteiger partial charge in [-0.1, -0.05) is 30.3 Å². The van der Waals surface area contributed by atoms with Gasteiger partial charge in [0.05, 0.1) is 5.69 Å². The minimum atomic E-state index is -0.875. The number of aromatic nitrogens is 2. The van der Waals surface area contributed by atoms with E-state index >= 15 is 0 Å². The first kappa shape index (κ1) is 17.4. The van der Waals surface area contributed by atoms with Crippen LogP contribution in [0.1, 0.15) is 17.7 Å². The normalized spacial score (nSPS) is 20.6. The summed E-state index contributed by atoms with van der Waals surface area (Å²) in [7, 11) is 1.87. The van der Waals surface area contributed by atoms with Crippen molar-refractivity contribution in [3.05, 3.63) is 53.9 Å². The fourth-order valence-corrected chi connectivity index (χ4v) is 3.07. The standard InChI is InChI=1S/C18H23FN4O2/c1-22-16(7-8-21-22)12-23-11-15(19)9-17(23)10-20-18(24)25-13-14-5-3-2-4-6-14/h2-8,15,17H,9-13H2,1H3,(H,20,24)/t15-,17-/m0/s1. The molecule has 7 heteroatoms. The molecule has 2 atom stereocenters. The van der Waals surface area contributed by atoms with Crippen LogP contribution in [-0.2, 0) is 24.9 Å². The van der Waals surface area contributed by atoms with Crippen LogP contribution in [0, 0.1) is 0 Å². The van der Waals surface area contributed by atoms with Crippen LogP contribution in [0.25, 0.3) is 0 Å². The Morgan fingerprint density at radius 3 is 2.88 bits per heavy atom. The maximum Gasteiger partial charge on any atom is 0.407 e. The number of rotatable bonds is 6. The summed E-state index contributed by atoms with van der Waals surface area (Å²) in [6.45, 7) is 1.58. The van der Waals surface area contributed by atoms with Crippen molar-refractivity contribution in [2.24, 2.45) is 7.05 Å². The zero-order chi connectivity index (χ0) is 17.6. The van der Waals surface area contributed by atoms with Gasteiger partial charge in [0, 0.05) is 38.9 Å². The van der Waals surface area contributed by atoms with Gasteiger partial charge in [0.1, 0.15) is 12.8 Å². The summed E-state index contributed by atoms with van der Waals surface area (Å²) in [5.41, 5.74) is 1.95. The maximum atomic E-state index is 13.8. The molecule has 0 spiro atoms. The van der Waals surface area contributed by atoms with E-state index in [0.717, 1.165) is 11.3 Å². The fraction of sp³-hybridized carbons (Fsp3) is 0.444. The quantitative estimate of drug-likeness (QED) is 0.872. The number of ether oxygens (including phenoxy) is 1. The molecule has 1 aliphatic rings. The SMILES string of the molecule is Cn1nccc1CN1C[C@@H](F)C[C@H]1CNC(=O)OCc1ccccc1. The number of alkyl carbamates (subject to hydrolysis) is 1. The molecule has 3 rings (SSSR count). The highest BCUT2D eigenvalue weighted by Crippen LogP contribution is 2.22. The molecule has 1 aliphatic heterocycles. The summed E-state index contributed by atoms with van der Waals surface area (Å²) in [5.74, 6) is 0. The second kappa shape index (κ2) is 8.11. The molecule has 0 radical (unpaired) electrons. The van der Waals surface area contributed by atoms with Crippen LogP contribution in [0.5, 0.6) is 0 Å². The molecule has 0 saturated carbocycles. The molecule has 0 aliphatic carbocycles. The first-order valence-electron chi connectivity index (χ1n) is 8.41. The summed E-state index contributed by atoms with van der Waals surface area (Å²) in [5, 5.41) is 6.88. The molecule has 0 bridgehead atoms. The molecule has 2 aromatic rings. The van der Waals surface area contributed by atoms with Crippen LogP contribution in [0.3, 0.4) is 0 Å². The molecule has 134 valence electrons. The van der Waals surface area contributed by atoms with E-state index in [4.69, 9.17) is 4.74 Å². The Morgan fingerprint density at radius 2 is 2.16 bits per heavy atom. The van der Waals surface area contributed by atoms with Gasteiger partial charge < -0.3 is 10.1 Å².